The van der Waals surface area contributed by atoms with E-state index in [0.717, 1.165) is 10.6 Å². The Morgan fingerprint density at radius 3 is 2.70 bits per heavy atom. The van der Waals surface area contributed by atoms with Crippen molar-refractivity contribution in [2.45, 2.75) is 13.5 Å². The number of carbonyl (C=O) groups excluding carboxylic acids is 2. The summed E-state index contributed by atoms with van der Waals surface area (Å²) < 4.78 is 4.75. The maximum absolute atomic E-state index is 12.1. The van der Waals surface area contributed by atoms with Gasteiger partial charge >= 0.3 is 11.9 Å². The number of aromatic nitrogens is 2. The van der Waals surface area contributed by atoms with Gasteiger partial charge in [-0.05, 0) is 6.92 Å². The summed E-state index contributed by atoms with van der Waals surface area (Å²) in [5, 5.41) is 9.63. The first-order chi connectivity index (χ1) is 11.2. The molecule has 0 aliphatic heterocycles. The lowest BCUT2D eigenvalue weighted by Gasteiger charge is -2.18. The first-order valence-electron chi connectivity index (χ1n) is 7.10. The minimum absolute atomic E-state index is 0.156. The number of carbonyl (C=O) groups is 2. The molecular weight excluding hydrogens is 314 g/mol. The highest BCUT2D eigenvalue weighted by atomic mass is 32.1. The standard InChI is InChI=1S/C16H17N3O3S/c1-3-10-19(15(20)16(21)22-4-2)11-13-17-18-14(23-13)12-8-6-5-7-9-12/h3,5-9H,1,4,10-11H2,2H3. The summed E-state index contributed by atoms with van der Waals surface area (Å²) in [4.78, 5) is 25.0. The maximum Gasteiger partial charge on any atom is 0.397 e. The van der Waals surface area contributed by atoms with Crippen molar-refractivity contribution in [2.24, 2.45) is 0 Å². The number of benzene rings is 1. The van der Waals surface area contributed by atoms with Crippen molar-refractivity contribution in [1.82, 2.24) is 15.1 Å². The van der Waals surface area contributed by atoms with E-state index in [1.807, 2.05) is 30.3 Å². The fourth-order valence-corrected chi connectivity index (χ4v) is 2.74. The molecule has 0 unspecified atom stereocenters. The molecule has 0 bridgehead atoms. The molecule has 23 heavy (non-hydrogen) atoms. The maximum atomic E-state index is 12.1. The lowest BCUT2D eigenvalue weighted by Crippen LogP contribution is -2.37. The predicted octanol–water partition coefficient (Wildman–Crippen LogP) is 2.28. The van der Waals surface area contributed by atoms with Crippen LogP contribution in [0.15, 0.2) is 43.0 Å². The molecule has 0 N–H and O–H groups in total. The summed E-state index contributed by atoms with van der Waals surface area (Å²) in [6.07, 6.45) is 1.55. The van der Waals surface area contributed by atoms with Crippen molar-refractivity contribution >= 4 is 23.2 Å². The Hall–Kier alpha value is -2.54. The monoisotopic (exact) mass is 331 g/mol. The van der Waals surface area contributed by atoms with E-state index in [0.29, 0.717) is 5.01 Å². The molecular formula is C16H17N3O3S. The van der Waals surface area contributed by atoms with Gasteiger partial charge in [0.05, 0.1) is 13.2 Å². The van der Waals surface area contributed by atoms with E-state index in [2.05, 4.69) is 16.8 Å². The minimum Gasteiger partial charge on any atom is -0.459 e. The van der Waals surface area contributed by atoms with Crippen LogP contribution in [0.3, 0.4) is 0 Å². The molecule has 2 rings (SSSR count). The van der Waals surface area contributed by atoms with Gasteiger partial charge in [-0.1, -0.05) is 47.7 Å². The predicted molar refractivity (Wildman–Crippen MR) is 87.6 cm³/mol. The van der Waals surface area contributed by atoms with Gasteiger partial charge in [-0.3, -0.25) is 4.79 Å². The van der Waals surface area contributed by atoms with Crippen molar-refractivity contribution in [1.29, 1.82) is 0 Å². The fraction of sp³-hybridized carbons (Fsp3) is 0.250. The molecule has 1 heterocycles. The Kier molecular flexibility index (Phi) is 5.99. The second-order valence-electron chi connectivity index (χ2n) is 4.56. The van der Waals surface area contributed by atoms with E-state index in [-0.39, 0.29) is 19.7 Å². The quantitative estimate of drug-likeness (QED) is 0.461. The van der Waals surface area contributed by atoms with E-state index in [1.54, 1.807) is 13.0 Å². The van der Waals surface area contributed by atoms with Crippen LogP contribution in [0, 0.1) is 0 Å². The molecule has 6 nitrogen and oxygen atoms in total. The molecule has 1 aromatic heterocycles. The third-order valence-corrected chi connectivity index (χ3v) is 3.86. The smallest absolute Gasteiger partial charge is 0.397 e. The lowest BCUT2D eigenvalue weighted by atomic mass is 10.2. The molecule has 0 atom stereocenters. The SMILES string of the molecule is C=CCN(Cc1nnc(-c2ccccc2)s1)C(=O)C(=O)OCC. The minimum atomic E-state index is -0.873. The molecule has 0 aliphatic carbocycles. The van der Waals surface area contributed by atoms with Crippen LogP contribution >= 0.6 is 11.3 Å². The van der Waals surface area contributed by atoms with Crippen LogP contribution in [0.1, 0.15) is 11.9 Å². The summed E-state index contributed by atoms with van der Waals surface area (Å²) in [6.45, 7) is 5.84. The van der Waals surface area contributed by atoms with Crippen LogP contribution in [0.4, 0.5) is 0 Å². The number of esters is 1. The first-order valence-corrected chi connectivity index (χ1v) is 7.92. The van der Waals surface area contributed by atoms with Gasteiger partial charge in [0.2, 0.25) is 0 Å². The van der Waals surface area contributed by atoms with E-state index in [9.17, 15) is 9.59 Å². The molecule has 0 radical (unpaired) electrons. The van der Waals surface area contributed by atoms with Crippen molar-refractivity contribution in [3.63, 3.8) is 0 Å². The molecule has 0 spiro atoms. The Balaban J connectivity index is 2.11. The number of hydrogen-bond donors (Lipinski definition) is 0. The zero-order valence-electron chi connectivity index (χ0n) is 12.8. The summed E-state index contributed by atoms with van der Waals surface area (Å²) in [5.41, 5.74) is 0.961. The van der Waals surface area contributed by atoms with Crippen LogP contribution in [-0.2, 0) is 20.9 Å². The highest BCUT2D eigenvalue weighted by molar-refractivity contribution is 7.14. The third-order valence-electron chi connectivity index (χ3n) is 2.90. The van der Waals surface area contributed by atoms with Gasteiger partial charge in [-0.25, -0.2) is 4.79 Å². The Bertz CT molecular complexity index is 685. The van der Waals surface area contributed by atoms with Crippen molar-refractivity contribution in [2.75, 3.05) is 13.2 Å². The zero-order chi connectivity index (χ0) is 16.7. The summed E-state index contributed by atoms with van der Waals surface area (Å²) in [7, 11) is 0. The molecule has 0 saturated heterocycles. The number of ether oxygens (including phenoxy) is 1. The van der Waals surface area contributed by atoms with Crippen LogP contribution in [-0.4, -0.2) is 40.1 Å². The largest absolute Gasteiger partial charge is 0.459 e. The van der Waals surface area contributed by atoms with Crippen LogP contribution < -0.4 is 0 Å². The van der Waals surface area contributed by atoms with Gasteiger partial charge in [0.15, 0.2) is 0 Å². The van der Waals surface area contributed by atoms with E-state index in [1.165, 1.54) is 16.2 Å². The van der Waals surface area contributed by atoms with Gasteiger partial charge in [-0.2, -0.15) is 0 Å². The summed E-state index contributed by atoms with van der Waals surface area (Å²) in [6, 6.07) is 9.65. The number of nitrogens with zero attached hydrogens (tertiary/aromatic N) is 3. The van der Waals surface area contributed by atoms with Crippen LogP contribution in [0.5, 0.6) is 0 Å². The molecule has 7 heteroatoms. The van der Waals surface area contributed by atoms with Gasteiger partial charge in [0.1, 0.15) is 10.0 Å². The average molecular weight is 331 g/mol. The number of hydrogen-bond acceptors (Lipinski definition) is 6. The first kappa shape index (κ1) is 16.8. The molecule has 0 aliphatic rings. The average Bonchev–Trinajstić information content (AvgIpc) is 3.03. The molecule has 1 aromatic carbocycles. The van der Waals surface area contributed by atoms with E-state index < -0.39 is 11.9 Å². The van der Waals surface area contributed by atoms with Crippen LogP contribution in [0.2, 0.25) is 0 Å². The summed E-state index contributed by atoms with van der Waals surface area (Å²) in [5.74, 6) is -1.58. The van der Waals surface area contributed by atoms with Crippen molar-refractivity contribution < 1.29 is 14.3 Å². The van der Waals surface area contributed by atoms with Crippen LogP contribution in [0.25, 0.3) is 10.6 Å². The Morgan fingerprint density at radius 2 is 2.04 bits per heavy atom. The molecule has 0 fully saturated rings. The Morgan fingerprint density at radius 1 is 1.30 bits per heavy atom. The van der Waals surface area contributed by atoms with E-state index >= 15 is 0 Å². The van der Waals surface area contributed by atoms with E-state index in [4.69, 9.17) is 4.74 Å². The highest BCUT2D eigenvalue weighted by Gasteiger charge is 2.23. The highest BCUT2D eigenvalue weighted by Crippen LogP contribution is 2.23. The third kappa shape index (κ3) is 4.46. The normalized spacial score (nSPS) is 10.1. The summed E-state index contributed by atoms with van der Waals surface area (Å²) >= 11 is 1.38. The fourth-order valence-electron chi connectivity index (χ4n) is 1.88. The molecule has 2 aromatic rings. The van der Waals surface area contributed by atoms with Gasteiger partial charge in [0, 0.05) is 12.1 Å². The second kappa shape index (κ2) is 8.19. The number of rotatable bonds is 6. The lowest BCUT2D eigenvalue weighted by molar-refractivity contribution is -0.159. The molecule has 0 saturated carbocycles. The molecule has 1 amide bonds. The molecule has 120 valence electrons. The van der Waals surface area contributed by atoms with Gasteiger partial charge < -0.3 is 9.64 Å². The Labute approximate surface area is 138 Å². The second-order valence-corrected chi connectivity index (χ2v) is 5.62. The van der Waals surface area contributed by atoms with Crippen molar-refractivity contribution in [3.05, 3.63) is 48.0 Å². The topological polar surface area (TPSA) is 72.4 Å². The van der Waals surface area contributed by atoms with Gasteiger partial charge in [0.25, 0.3) is 0 Å². The van der Waals surface area contributed by atoms with Crippen molar-refractivity contribution in [3.8, 4) is 10.6 Å². The van der Waals surface area contributed by atoms with Gasteiger partial charge in [-0.15, -0.1) is 16.8 Å². The zero-order valence-corrected chi connectivity index (χ0v) is 13.6. The number of amides is 1.